The minimum atomic E-state index is -3.06. The summed E-state index contributed by atoms with van der Waals surface area (Å²) in [6, 6.07) is 0.912. The van der Waals surface area contributed by atoms with Gasteiger partial charge in [-0.05, 0) is 6.07 Å². The van der Waals surface area contributed by atoms with Crippen molar-refractivity contribution in [3.8, 4) is 0 Å². The van der Waals surface area contributed by atoms with E-state index in [4.69, 9.17) is 5.11 Å². The number of aromatic carboxylic acids is 1. The summed E-state index contributed by atoms with van der Waals surface area (Å²) in [5.74, 6) is -4.32. The quantitative estimate of drug-likeness (QED) is 0.769. The van der Waals surface area contributed by atoms with E-state index >= 15 is 0 Å². The fourth-order valence-electron chi connectivity index (χ4n) is 0.797. The predicted molar refractivity (Wildman–Crippen MR) is 40.8 cm³/mol. The minimum absolute atomic E-state index is 0.237. The van der Waals surface area contributed by atoms with Crippen molar-refractivity contribution in [1.29, 1.82) is 0 Å². The zero-order chi connectivity index (χ0) is 10.1. The third kappa shape index (κ3) is 2.21. The molecule has 0 atom stereocenters. The average Bonchev–Trinajstić information content (AvgIpc) is 2.03. The molecule has 1 N–H and O–H groups in total. The van der Waals surface area contributed by atoms with Crippen LogP contribution in [0.25, 0.3) is 0 Å². The molecule has 1 aromatic heterocycles. The first-order chi connectivity index (χ1) is 5.91. The van der Waals surface area contributed by atoms with E-state index in [9.17, 15) is 13.6 Å². The number of pyridine rings is 1. The SMILES string of the molecule is CC(F)(F)c1cncc(C(=O)O)c1. The summed E-state index contributed by atoms with van der Waals surface area (Å²) in [4.78, 5) is 13.8. The van der Waals surface area contributed by atoms with Crippen LogP contribution < -0.4 is 0 Å². The molecular weight excluding hydrogens is 180 g/mol. The summed E-state index contributed by atoms with van der Waals surface area (Å²) in [5.41, 5.74) is -0.633. The van der Waals surface area contributed by atoms with Crippen LogP contribution in [0.1, 0.15) is 22.8 Å². The van der Waals surface area contributed by atoms with Crippen LogP contribution in [0.3, 0.4) is 0 Å². The van der Waals surface area contributed by atoms with Gasteiger partial charge in [0.05, 0.1) is 5.56 Å². The van der Waals surface area contributed by atoms with Crippen LogP contribution in [0, 0.1) is 0 Å². The molecule has 70 valence electrons. The number of carboxylic acids is 1. The highest BCUT2D eigenvalue weighted by molar-refractivity contribution is 5.87. The maximum Gasteiger partial charge on any atom is 0.337 e. The molecule has 3 nitrogen and oxygen atoms in total. The number of nitrogens with zero attached hydrogens (tertiary/aromatic N) is 1. The normalized spacial score (nSPS) is 11.3. The van der Waals surface area contributed by atoms with Gasteiger partial charge in [0, 0.05) is 24.9 Å². The first-order valence-electron chi connectivity index (χ1n) is 3.48. The van der Waals surface area contributed by atoms with Gasteiger partial charge in [-0.15, -0.1) is 0 Å². The molecule has 0 amide bonds. The highest BCUT2D eigenvalue weighted by Crippen LogP contribution is 2.26. The van der Waals surface area contributed by atoms with Crippen LogP contribution >= 0.6 is 0 Å². The Morgan fingerprint density at radius 1 is 1.54 bits per heavy atom. The number of carboxylic acid groups (broad SMARTS) is 1. The molecule has 0 bridgehead atoms. The molecule has 5 heteroatoms. The van der Waals surface area contributed by atoms with E-state index in [2.05, 4.69) is 4.98 Å². The van der Waals surface area contributed by atoms with Crippen LogP contribution in [0.4, 0.5) is 8.78 Å². The van der Waals surface area contributed by atoms with E-state index in [1.165, 1.54) is 0 Å². The average molecular weight is 187 g/mol. The van der Waals surface area contributed by atoms with Gasteiger partial charge in [0.15, 0.2) is 0 Å². The number of alkyl halides is 2. The van der Waals surface area contributed by atoms with Gasteiger partial charge in [-0.3, -0.25) is 4.98 Å². The van der Waals surface area contributed by atoms with Crippen molar-refractivity contribution in [1.82, 2.24) is 4.98 Å². The van der Waals surface area contributed by atoms with Crippen molar-refractivity contribution in [3.05, 3.63) is 29.6 Å². The second-order valence-electron chi connectivity index (χ2n) is 2.66. The molecule has 0 unspecified atom stereocenters. The molecular formula is C8H7F2NO2. The van der Waals surface area contributed by atoms with Crippen LogP contribution in [0.2, 0.25) is 0 Å². The smallest absolute Gasteiger partial charge is 0.337 e. The van der Waals surface area contributed by atoms with E-state index in [-0.39, 0.29) is 5.56 Å². The molecule has 0 saturated carbocycles. The Labute approximate surface area is 73.0 Å². The lowest BCUT2D eigenvalue weighted by Gasteiger charge is -2.09. The molecule has 0 aliphatic heterocycles. The van der Waals surface area contributed by atoms with Crippen molar-refractivity contribution < 1.29 is 18.7 Å². The monoisotopic (exact) mass is 187 g/mol. The fourth-order valence-corrected chi connectivity index (χ4v) is 0.797. The summed E-state index contributed by atoms with van der Waals surface area (Å²) in [7, 11) is 0. The lowest BCUT2D eigenvalue weighted by atomic mass is 10.1. The Morgan fingerprint density at radius 2 is 2.15 bits per heavy atom. The summed E-state index contributed by atoms with van der Waals surface area (Å²) < 4.78 is 25.3. The van der Waals surface area contributed by atoms with E-state index < -0.39 is 17.5 Å². The Bertz CT molecular complexity index is 333. The first-order valence-corrected chi connectivity index (χ1v) is 3.48. The molecule has 1 aromatic rings. The van der Waals surface area contributed by atoms with Crippen molar-refractivity contribution >= 4 is 5.97 Å². The third-order valence-electron chi connectivity index (χ3n) is 1.49. The van der Waals surface area contributed by atoms with Gasteiger partial charge >= 0.3 is 5.97 Å². The summed E-state index contributed by atoms with van der Waals surface area (Å²) in [6.07, 6.45) is 1.98. The van der Waals surface area contributed by atoms with Gasteiger partial charge in [0.2, 0.25) is 0 Å². The highest BCUT2D eigenvalue weighted by atomic mass is 19.3. The second kappa shape index (κ2) is 3.08. The summed E-state index contributed by atoms with van der Waals surface area (Å²) in [5, 5.41) is 8.49. The van der Waals surface area contributed by atoms with Crippen LogP contribution in [0.15, 0.2) is 18.5 Å². The first kappa shape index (κ1) is 9.57. The van der Waals surface area contributed by atoms with E-state index in [1.54, 1.807) is 0 Å². The van der Waals surface area contributed by atoms with Gasteiger partial charge in [-0.25, -0.2) is 13.6 Å². The van der Waals surface area contributed by atoms with Crippen LogP contribution in [-0.4, -0.2) is 16.1 Å². The van der Waals surface area contributed by atoms with Gasteiger partial charge in [-0.2, -0.15) is 0 Å². The zero-order valence-electron chi connectivity index (χ0n) is 6.79. The Balaban J connectivity index is 3.13. The molecule has 1 rings (SSSR count). The van der Waals surface area contributed by atoms with Crippen LogP contribution in [-0.2, 0) is 5.92 Å². The highest BCUT2D eigenvalue weighted by Gasteiger charge is 2.25. The molecule has 0 radical (unpaired) electrons. The predicted octanol–water partition coefficient (Wildman–Crippen LogP) is 1.89. The fraction of sp³-hybridized carbons (Fsp3) is 0.250. The molecule has 0 aliphatic carbocycles. The Hall–Kier alpha value is -1.52. The van der Waals surface area contributed by atoms with Crippen molar-refractivity contribution in [3.63, 3.8) is 0 Å². The summed E-state index contributed by atoms with van der Waals surface area (Å²) >= 11 is 0. The lowest BCUT2D eigenvalue weighted by Crippen LogP contribution is -2.09. The standard InChI is InChI=1S/C8H7F2NO2/c1-8(9,10)6-2-5(7(12)13)3-11-4-6/h2-4H,1H3,(H,12,13). The van der Waals surface area contributed by atoms with Crippen molar-refractivity contribution in [2.45, 2.75) is 12.8 Å². The molecule has 0 spiro atoms. The Kier molecular flexibility index (Phi) is 2.27. The Morgan fingerprint density at radius 3 is 2.62 bits per heavy atom. The number of hydrogen-bond acceptors (Lipinski definition) is 2. The minimum Gasteiger partial charge on any atom is -0.478 e. The molecule has 0 saturated heterocycles. The third-order valence-corrected chi connectivity index (χ3v) is 1.49. The van der Waals surface area contributed by atoms with Gasteiger partial charge < -0.3 is 5.11 Å². The van der Waals surface area contributed by atoms with Gasteiger partial charge in [0.25, 0.3) is 5.92 Å². The molecule has 1 heterocycles. The van der Waals surface area contributed by atoms with Crippen molar-refractivity contribution in [2.75, 3.05) is 0 Å². The number of aromatic nitrogens is 1. The van der Waals surface area contributed by atoms with Crippen LogP contribution in [0.5, 0.6) is 0 Å². The van der Waals surface area contributed by atoms with E-state index in [1.807, 2.05) is 0 Å². The molecule has 0 aromatic carbocycles. The number of hydrogen-bond donors (Lipinski definition) is 1. The lowest BCUT2D eigenvalue weighted by molar-refractivity contribution is 0.0170. The molecule has 0 aliphatic rings. The van der Waals surface area contributed by atoms with E-state index in [0.717, 1.165) is 18.5 Å². The largest absolute Gasteiger partial charge is 0.478 e. The number of halogens is 2. The van der Waals surface area contributed by atoms with Gasteiger partial charge in [0.1, 0.15) is 0 Å². The zero-order valence-corrected chi connectivity index (χ0v) is 6.79. The topological polar surface area (TPSA) is 50.2 Å². The number of rotatable bonds is 2. The van der Waals surface area contributed by atoms with Crippen molar-refractivity contribution in [2.24, 2.45) is 0 Å². The van der Waals surface area contributed by atoms with E-state index in [0.29, 0.717) is 6.92 Å². The number of carbonyl (C=O) groups is 1. The van der Waals surface area contributed by atoms with Gasteiger partial charge in [-0.1, -0.05) is 0 Å². The molecule has 0 fully saturated rings. The maximum absolute atomic E-state index is 12.7. The summed E-state index contributed by atoms with van der Waals surface area (Å²) in [6.45, 7) is 0.690. The molecule has 13 heavy (non-hydrogen) atoms. The maximum atomic E-state index is 12.7. The second-order valence-corrected chi connectivity index (χ2v) is 2.66.